The van der Waals surface area contributed by atoms with E-state index in [0.717, 1.165) is 22.8 Å². The van der Waals surface area contributed by atoms with Gasteiger partial charge >= 0.3 is 0 Å². The van der Waals surface area contributed by atoms with Crippen LogP contribution in [0.4, 0.5) is 0 Å². The molecule has 0 amide bonds. The maximum absolute atomic E-state index is 6.17. The molecule has 0 unspecified atom stereocenters. The van der Waals surface area contributed by atoms with Gasteiger partial charge in [0.15, 0.2) is 0 Å². The van der Waals surface area contributed by atoms with E-state index in [1.807, 2.05) is 48.1 Å². The van der Waals surface area contributed by atoms with E-state index in [1.54, 1.807) is 12.3 Å². The molecule has 118 valence electrons. The molecule has 0 aliphatic carbocycles. The standard InChI is InChI=1S/C17H16Cl2N4/c1-12-21-7-8-23(12)16-6-5-13(10-22-16)9-20-11-14-3-2-4-15(18)17(14)19/h2-8,10,20H,9,11H2,1H3. The Morgan fingerprint density at radius 1 is 1.09 bits per heavy atom. The molecule has 2 heterocycles. The SMILES string of the molecule is Cc1nccn1-c1ccc(CNCc2cccc(Cl)c2Cl)cn1. The highest BCUT2D eigenvalue weighted by molar-refractivity contribution is 6.42. The maximum atomic E-state index is 6.17. The molecule has 23 heavy (non-hydrogen) atoms. The number of benzene rings is 1. The monoisotopic (exact) mass is 346 g/mol. The second-order valence-corrected chi connectivity index (χ2v) is 5.97. The number of aromatic nitrogens is 3. The molecule has 0 bridgehead atoms. The molecular weight excluding hydrogens is 331 g/mol. The fourth-order valence-electron chi connectivity index (χ4n) is 2.31. The van der Waals surface area contributed by atoms with E-state index >= 15 is 0 Å². The van der Waals surface area contributed by atoms with Gasteiger partial charge in [0.1, 0.15) is 11.6 Å². The molecule has 1 aromatic carbocycles. The highest BCUT2D eigenvalue weighted by atomic mass is 35.5. The fourth-order valence-corrected chi connectivity index (χ4v) is 2.70. The lowest BCUT2D eigenvalue weighted by atomic mass is 10.2. The van der Waals surface area contributed by atoms with Gasteiger partial charge in [-0.25, -0.2) is 9.97 Å². The number of pyridine rings is 1. The van der Waals surface area contributed by atoms with Crippen LogP contribution in [0.15, 0.2) is 48.9 Å². The Labute approximate surface area is 145 Å². The van der Waals surface area contributed by atoms with Crippen molar-refractivity contribution in [2.45, 2.75) is 20.0 Å². The summed E-state index contributed by atoms with van der Waals surface area (Å²) in [5.41, 5.74) is 2.09. The van der Waals surface area contributed by atoms with E-state index in [2.05, 4.69) is 15.3 Å². The third-order valence-corrected chi connectivity index (χ3v) is 4.42. The Bertz CT molecular complexity index is 797. The molecule has 0 aliphatic heterocycles. The van der Waals surface area contributed by atoms with Crippen LogP contribution in [0.5, 0.6) is 0 Å². The predicted octanol–water partition coefficient (Wildman–Crippen LogP) is 4.17. The molecule has 4 nitrogen and oxygen atoms in total. The first-order valence-corrected chi connectivity index (χ1v) is 7.99. The number of hydrogen-bond donors (Lipinski definition) is 1. The summed E-state index contributed by atoms with van der Waals surface area (Å²) in [6.07, 6.45) is 5.53. The van der Waals surface area contributed by atoms with E-state index in [1.165, 1.54) is 0 Å². The number of imidazole rings is 1. The Balaban J connectivity index is 1.61. The van der Waals surface area contributed by atoms with Gasteiger partial charge in [0.25, 0.3) is 0 Å². The molecule has 0 radical (unpaired) electrons. The van der Waals surface area contributed by atoms with Crippen LogP contribution < -0.4 is 5.32 Å². The minimum Gasteiger partial charge on any atom is -0.309 e. The molecule has 0 saturated heterocycles. The van der Waals surface area contributed by atoms with E-state index in [4.69, 9.17) is 23.2 Å². The van der Waals surface area contributed by atoms with Gasteiger partial charge in [0.2, 0.25) is 0 Å². The van der Waals surface area contributed by atoms with E-state index < -0.39 is 0 Å². The van der Waals surface area contributed by atoms with Gasteiger partial charge in [-0.05, 0) is 30.2 Å². The van der Waals surface area contributed by atoms with Crippen molar-refractivity contribution in [2.24, 2.45) is 0 Å². The smallest absolute Gasteiger partial charge is 0.137 e. The molecule has 1 N–H and O–H groups in total. The first-order valence-electron chi connectivity index (χ1n) is 7.24. The van der Waals surface area contributed by atoms with Crippen LogP contribution in [0.25, 0.3) is 5.82 Å². The third-order valence-electron chi connectivity index (χ3n) is 3.56. The summed E-state index contributed by atoms with van der Waals surface area (Å²) in [5, 5.41) is 4.53. The number of rotatable bonds is 5. The number of halogens is 2. The lowest BCUT2D eigenvalue weighted by Gasteiger charge is -2.09. The average molecular weight is 347 g/mol. The summed E-state index contributed by atoms with van der Waals surface area (Å²) in [6, 6.07) is 9.68. The Morgan fingerprint density at radius 2 is 1.96 bits per heavy atom. The molecule has 0 spiro atoms. The van der Waals surface area contributed by atoms with Gasteiger partial charge in [0, 0.05) is 31.7 Å². The molecule has 3 rings (SSSR count). The fraction of sp³-hybridized carbons (Fsp3) is 0.176. The van der Waals surface area contributed by atoms with Crippen LogP contribution in [0.1, 0.15) is 17.0 Å². The van der Waals surface area contributed by atoms with Crippen LogP contribution in [0.3, 0.4) is 0 Å². The third kappa shape index (κ3) is 3.72. The van der Waals surface area contributed by atoms with Crippen LogP contribution in [0.2, 0.25) is 10.0 Å². The van der Waals surface area contributed by atoms with Gasteiger partial charge < -0.3 is 5.32 Å². The Hall–Kier alpha value is -1.88. The van der Waals surface area contributed by atoms with Crippen molar-refractivity contribution in [1.29, 1.82) is 0 Å². The lowest BCUT2D eigenvalue weighted by Crippen LogP contribution is -2.13. The van der Waals surface area contributed by atoms with Crippen molar-refractivity contribution in [2.75, 3.05) is 0 Å². The second-order valence-electron chi connectivity index (χ2n) is 5.19. The molecule has 0 saturated carbocycles. The van der Waals surface area contributed by atoms with Crippen LogP contribution in [-0.4, -0.2) is 14.5 Å². The molecular formula is C17H16Cl2N4. The summed E-state index contributed by atoms with van der Waals surface area (Å²) >= 11 is 12.2. The van der Waals surface area contributed by atoms with Crippen molar-refractivity contribution in [3.8, 4) is 5.82 Å². The van der Waals surface area contributed by atoms with Crippen molar-refractivity contribution < 1.29 is 0 Å². The van der Waals surface area contributed by atoms with E-state index in [9.17, 15) is 0 Å². The molecule has 0 fully saturated rings. The summed E-state index contributed by atoms with van der Waals surface area (Å²) in [5.74, 6) is 1.78. The minimum absolute atomic E-state index is 0.577. The second kappa shape index (κ2) is 7.13. The largest absolute Gasteiger partial charge is 0.309 e. The zero-order valence-corrected chi connectivity index (χ0v) is 14.1. The predicted molar refractivity (Wildman–Crippen MR) is 93.1 cm³/mol. The zero-order chi connectivity index (χ0) is 16.2. The number of nitrogens with zero attached hydrogens (tertiary/aromatic N) is 3. The summed E-state index contributed by atoms with van der Waals surface area (Å²) in [4.78, 5) is 8.68. The first kappa shape index (κ1) is 16.0. The van der Waals surface area contributed by atoms with Gasteiger partial charge in [-0.15, -0.1) is 0 Å². The lowest BCUT2D eigenvalue weighted by molar-refractivity contribution is 0.691. The van der Waals surface area contributed by atoms with Crippen LogP contribution in [0, 0.1) is 6.92 Å². The highest BCUT2D eigenvalue weighted by Gasteiger charge is 2.05. The van der Waals surface area contributed by atoms with Gasteiger partial charge in [0.05, 0.1) is 10.0 Å². The molecule has 6 heteroatoms. The van der Waals surface area contributed by atoms with Crippen molar-refractivity contribution >= 4 is 23.2 Å². The molecule has 0 atom stereocenters. The van der Waals surface area contributed by atoms with E-state index in [0.29, 0.717) is 23.1 Å². The van der Waals surface area contributed by atoms with Crippen molar-refractivity contribution in [3.63, 3.8) is 0 Å². The summed E-state index contributed by atoms with van der Waals surface area (Å²) in [6.45, 7) is 3.31. The Kier molecular flexibility index (Phi) is 4.96. The van der Waals surface area contributed by atoms with Crippen LogP contribution in [-0.2, 0) is 13.1 Å². The normalized spacial score (nSPS) is 10.9. The molecule has 3 aromatic rings. The number of hydrogen-bond acceptors (Lipinski definition) is 3. The topological polar surface area (TPSA) is 42.7 Å². The summed E-state index contributed by atoms with van der Waals surface area (Å²) < 4.78 is 1.95. The number of nitrogens with one attached hydrogen (secondary N) is 1. The minimum atomic E-state index is 0.577. The zero-order valence-electron chi connectivity index (χ0n) is 12.6. The molecule has 2 aromatic heterocycles. The van der Waals surface area contributed by atoms with E-state index in [-0.39, 0.29) is 0 Å². The average Bonchev–Trinajstić information content (AvgIpc) is 2.98. The van der Waals surface area contributed by atoms with Crippen molar-refractivity contribution in [1.82, 2.24) is 19.9 Å². The first-order chi connectivity index (χ1) is 11.1. The Morgan fingerprint density at radius 3 is 2.65 bits per heavy atom. The van der Waals surface area contributed by atoms with Crippen LogP contribution >= 0.6 is 23.2 Å². The van der Waals surface area contributed by atoms with Crippen molar-refractivity contribution in [3.05, 3.63) is 75.9 Å². The highest BCUT2D eigenvalue weighted by Crippen LogP contribution is 2.25. The summed E-state index contributed by atoms with van der Waals surface area (Å²) in [7, 11) is 0. The maximum Gasteiger partial charge on any atom is 0.137 e. The van der Waals surface area contributed by atoms with Gasteiger partial charge in [-0.3, -0.25) is 4.57 Å². The molecule has 0 aliphatic rings. The van der Waals surface area contributed by atoms with Gasteiger partial charge in [-0.2, -0.15) is 0 Å². The van der Waals surface area contributed by atoms with Gasteiger partial charge in [-0.1, -0.05) is 41.4 Å². The quantitative estimate of drug-likeness (QED) is 0.753. The number of aryl methyl sites for hydroxylation is 1.